The number of aliphatic hydroxyl groups is 1. The van der Waals surface area contributed by atoms with Gasteiger partial charge in [-0.25, -0.2) is 15.0 Å². The average Bonchev–Trinajstić information content (AvgIpc) is 3.48. The quantitative estimate of drug-likeness (QED) is 0.225. The zero-order valence-electron chi connectivity index (χ0n) is 27.1. The topological polar surface area (TPSA) is 103 Å². The van der Waals surface area contributed by atoms with Crippen molar-refractivity contribution in [3.05, 3.63) is 71.6 Å². The molecule has 2 aliphatic heterocycles. The maximum Gasteiger partial charge on any atom is 0.387 e. The summed E-state index contributed by atoms with van der Waals surface area (Å²) in [6, 6.07) is 9.87. The number of imidazole rings is 1. The molecule has 0 saturated heterocycles. The van der Waals surface area contributed by atoms with Gasteiger partial charge in [-0.2, -0.15) is 8.78 Å². The molecule has 4 aromatic rings. The minimum absolute atomic E-state index is 0.00133. The summed E-state index contributed by atoms with van der Waals surface area (Å²) in [5.74, 6) is 1.03. The van der Waals surface area contributed by atoms with E-state index in [2.05, 4.69) is 38.4 Å². The number of ether oxygens (including phenoxy) is 1. The molecule has 2 bridgehead atoms. The van der Waals surface area contributed by atoms with E-state index in [1.165, 1.54) is 6.07 Å². The Morgan fingerprint density at radius 1 is 1.07 bits per heavy atom. The Morgan fingerprint density at radius 3 is 2.39 bits per heavy atom. The fourth-order valence-corrected chi connectivity index (χ4v) is 8.79. The predicted octanol–water partition coefficient (Wildman–Crippen LogP) is 6.98. The van der Waals surface area contributed by atoms with Gasteiger partial charge in [-0.1, -0.05) is 32.9 Å². The fourth-order valence-electron chi connectivity index (χ4n) is 7.27. The van der Waals surface area contributed by atoms with Crippen LogP contribution in [-0.4, -0.2) is 63.0 Å². The lowest BCUT2D eigenvalue weighted by Gasteiger charge is -2.55. The van der Waals surface area contributed by atoms with Crippen molar-refractivity contribution in [2.75, 3.05) is 7.05 Å². The number of carbonyl (C=O) groups excluding carboxylic acids is 1. The maximum atomic E-state index is 13.5. The van der Waals surface area contributed by atoms with Gasteiger partial charge in [0.1, 0.15) is 17.2 Å². The highest BCUT2D eigenvalue weighted by Crippen LogP contribution is 2.54. The van der Waals surface area contributed by atoms with Crippen LogP contribution in [0.25, 0.3) is 22.2 Å². The van der Waals surface area contributed by atoms with Crippen LogP contribution < -0.4 is 4.74 Å². The monoisotopic (exact) mass is 647 g/mol. The Kier molecular flexibility index (Phi) is 6.80. The van der Waals surface area contributed by atoms with E-state index in [1.807, 2.05) is 25.1 Å². The zero-order chi connectivity index (χ0) is 33.0. The third-order valence-corrected chi connectivity index (χ3v) is 14.9. The number of fused-ring (bicyclic) bond motifs is 9. The van der Waals surface area contributed by atoms with Crippen molar-refractivity contribution in [2.24, 2.45) is 0 Å². The van der Waals surface area contributed by atoms with Gasteiger partial charge in [0.15, 0.2) is 14.1 Å². The van der Waals surface area contributed by atoms with Gasteiger partial charge < -0.3 is 23.7 Å². The number of hydrogen-bond donors (Lipinski definition) is 1. The predicted molar refractivity (Wildman–Crippen MR) is 171 cm³/mol. The Labute approximate surface area is 267 Å². The van der Waals surface area contributed by atoms with Crippen LogP contribution in [0.4, 0.5) is 8.78 Å². The second-order valence-electron chi connectivity index (χ2n) is 14.8. The van der Waals surface area contributed by atoms with Gasteiger partial charge in [-0.15, -0.1) is 0 Å². The number of aromatic nitrogens is 4. The molecule has 2 atom stereocenters. The summed E-state index contributed by atoms with van der Waals surface area (Å²) >= 11 is 0. The summed E-state index contributed by atoms with van der Waals surface area (Å²) in [6.07, 6.45) is 4.93. The van der Waals surface area contributed by atoms with Crippen LogP contribution in [0.3, 0.4) is 0 Å². The van der Waals surface area contributed by atoms with Crippen LogP contribution in [0.1, 0.15) is 86.6 Å². The van der Waals surface area contributed by atoms with Gasteiger partial charge in [0, 0.05) is 55.4 Å². The number of alkyl halides is 2. The summed E-state index contributed by atoms with van der Waals surface area (Å²) < 4.78 is 40.8. The van der Waals surface area contributed by atoms with Crippen molar-refractivity contribution in [3.63, 3.8) is 0 Å². The highest BCUT2D eigenvalue weighted by molar-refractivity contribution is 6.74. The summed E-state index contributed by atoms with van der Waals surface area (Å²) in [7, 11) is -0.479. The van der Waals surface area contributed by atoms with Gasteiger partial charge in [-0.3, -0.25) is 4.79 Å². The highest BCUT2D eigenvalue weighted by Gasteiger charge is 2.58. The van der Waals surface area contributed by atoms with Gasteiger partial charge in [0.2, 0.25) is 0 Å². The van der Waals surface area contributed by atoms with Crippen molar-refractivity contribution in [2.45, 2.75) is 95.0 Å². The molecule has 1 aliphatic carbocycles. The van der Waals surface area contributed by atoms with E-state index < -0.39 is 32.2 Å². The summed E-state index contributed by atoms with van der Waals surface area (Å²) in [5, 5.41) is 10.7. The standard InChI is InChI=1S/C34H39F2N5O4Si/c1-32(2,3)46(6,7)45-34(17-33(4,43)18-34)30-37-15-20(16-38-30)19-11-12-22-23(13-19)41-24-14-25(28(41)39-22)40(5)29(42)21-9-8-10-26(27(21)24)44-31(35)36/h8-13,15-16,24-25,31,43H,14,17-18H2,1-7H3/t24-,25+,33-,34+/m1/s1. The Morgan fingerprint density at radius 2 is 1.76 bits per heavy atom. The lowest BCUT2D eigenvalue weighted by atomic mass is 9.68. The molecule has 9 nitrogen and oxygen atoms in total. The Balaban J connectivity index is 1.28. The maximum absolute atomic E-state index is 13.5. The molecule has 0 unspecified atom stereocenters. The fraction of sp³-hybridized carbons (Fsp3) is 0.471. The molecular formula is C34H39F2N5O4Si. The number of carbonyl (C=O) groups is 1. The first-order valence-corrected chi connectivity index (χ1v) is 18.5. The molecule has 242 valence electrons. The second kappa shape index (κ2) is 10.1. The number of benzene rings is 2. The molecule has 1 N–H and O–H groups in total. The summed E-state index contributed by atoms with van der Waals surface area (Å²) in [5.41, 5.74) is 2.42. The minimum atomic E-state index is -3.02. The number of rotatable bonds is 6. The van der Waals surface area contributed by atoms with E-state index in [0.29, 0.717) is 42.0 Å². The molecule has 2 aromatic heterocycles. The first-order chi connectivity index (χ1) is 21.5. The Bertz CT molecular complexity index is 1860. The molecule has 3 aliphatic rings. The number of nitrogens with zero attached hydrogens (tertiary/aromatic N) is 5. The molecule has 12 heteroatoms. The van der Waals surface area contributed by atoms with Crippen LogP contribution >= 0.6 is 0 Å². The van der Waals surface area contributed by atoms with Crippen LogP contribution in [0.15, 0.2) is 48.8 Å². The van der Waals surface area contributed by atoms with E-state index in [9.17, 15) is 18.7 Å². The molecule has 7 rings (SSSR count). The minimum Gasteiger partial charge on any atom is -0.434 e. The number of amides is 1. The van der Waals surface area contributed by atoms with Crippen molar-refractivity contribution < 1.29 is 27.8 Å². The second-order valence-corrected chi connectivity index (χ2v) is 19.5. The lowest BCUT2D eigenvalue weighted by Crippen LogP contribution is -2.60. The third-order valence-electron chi connectivity index (χ3n) is 10.4. The molecular weight excluding hydrogens is 608 g/mol. The van der Waals surface area contributed by atoms with Crippen LogP contribution in [-0.2, 0) is 10.0 Å². The number of halogens is 2. The average molecular weight is 648 g/mol. The van der Waals surface area contributed by atoms with E-state index in [4.69, 9.17) is 24.1 Å². The largest absolute Gasteiger partial charge is 0.434 e. The molecule has 46 heavy (non-hydrogen) atoms. The summed E-state index contributed by atoms with van der Waals surface area (Å²) in [4.78, 5) is 29.6. The first-order valence-electron chi connectivity index (χ1n) is 15.6. The van der Waals surface area contributed by atoms with Crippen molar-refractivity contribution in [3.8, 4) is 16.9 Å². The molecule has 0 spiro atoms. The van der Waals surface area contributed by atoms with Crippen molar-refractivity contribution >= 4 is 25.3 Å². The molecule has 0 radical (unpaired) electrons. The van der Waals surface area contributed by atoms with Crippen molar-refractivity contribution in [1.82, 2.24) is 24.4 Å². The van der Waals surface area contributed by atoms with Gasteiger partial charge in [0.05, 0.1) is 28.7 Å². The van der Waals surface area contributed by atoms with E-state index in [0.717, 1.165) is 22.2 Å². The van der Waals surface area contributed by atoms with Gasteiger partial charge >= 0.3 is 6.61 Å². The molecule has 1 saturated carbocycles. The highest BCUT2D eigenvalue weighted by atomic mass is 28.4. The third kappa shape index (κ3) is 4.75. The van der Waals surface area contributed by atoms with E-state index in [1.54, 1.807) is 36.5 Å². The molecule has 1 amide bonds. The van der Waals surface area contributed by atoms with E-state index in [-0.39, 0.29) is 22.7 Å². The van der Waals surface area contributed by atoms with Gasteiger partial charge in [-0.05, 0) is 54.9 Å². The van der Waals surface area contributed by atoms with Crippen LogP contribution in [0, 0.1) is 0 Å². The summed E-state index contributed by atoms with van der Waals surface area (Å²) in [6.45, 7) is 9.75. The smallest absolute Gasteiger partial charge is 0.387 e. The molecule has 1 fully saturated rings. The first kappa shape index (κ1) is 30.9. The van der Waals surface area contributed by atoms with E-state index >= 15 is 0 Å². The Hall–Kier alpha value is -3.74. The van der Waals surface area contributed by atoms with Crippen molar-refractivity contribution in [1.29, 1.82) is 0 Å². The van der Waals surface area contributed by atoms with Crippen LogP contribution in [0.2, 0.25) is 18.1 Å². The SMILES string of the molecule is CN1C(=O)c2cccc(OC(F)F)c2[C@H]2C[C@H]1c1nc3ccc(-c4cnc([C@]5(O[Si](C)(C)C(C)(C)C)C[C@@](C)(O)C5)nc4)cc3n12. The zero-order valence-corrected chi connectivity index (χ0v) is 28.1. The normalized spacial score (nSPS) is 25.8. The lowest BCUT2D eigenvalue weighted by molar-refractivity contribution is -0.171. The van der Waals surface area contributed by atoms with Gasteiger partial charge in [0.25, 0.3) is 5.91 Å². The molecule has 4 heterocycles. The van der Waals surface area contributed by atoms with Crippen LogP contribution in [0.5, 0.6) is 5.75 Å². The molecule has 2 aromatic carbocycles. The number of hydrogen-bond acceptors (Lipinski definition) is 7.